The van der Waals surface area contributed by atoms with E-state index in [9.17, 15) is 4.79 Å². The Balaban J connectivity index is 1.57. The summed E-state index contributed by atoms with van der Waals surface area (Å²) in [4.78, 5) is 18.4. The van der Waals surface area contributed by atoms with E-state index in [1.165, 1.54) is 0 Å². The molecule has 0 radical (unpaired) electrons. The molecule has 38 heavy (non-hydrogen) atoms. The first-order valence-electron chi connectivity index (χ1n) is 14.4. The molecule has 1 spiro atoms. The van der Waals surface area contributed by atoms with Gasteiger partial charge in [0.2, 0.25) is 5.91 Å². The molecule has 1 amide bonds. The maximum Gasteiger partial charge on any atom is 0.236 e. The first-order valence-corrected chi connectivity index (χ1v) is 14.4. The number of hydrogen-bond donors (Lipinski definition) is 0. The van der Waals surface area contributed by atoms with E-state index >= 15 is 0 Å². The molecule has 1 heterocycles. The molecule has 5 heteroatoms. The van der Waals surface area contributed by atoms with Gasteiger partial charge in [-0.25, -0.2) is 0 Å². The van der Waals surface area contributed by atoms with E-state index in [2.05, 4.69) is 62.1 Å². The van der Waals surface area contributed by atoms with Crippen LogP contribution in [0.2, 0.25) is 0 Å². The number of likely N-dealkylation sites (tertiary alicyclic amines) is 1. The third-order valence-corrected chi connectivity index (χ3v) is 7.84. The number of benzene rings is 2. The number of ether oxygens (including phenoxy) is 2. The molecule has 1 aliphatic heterocycles. The summed E-state index contributed by atoms with van der Waals surface area (Å²) in [5, 5.41) is 0. The zero-order valence-corrected chi connectivity index (χ0v) is 23.4. The van der Waals surface area contributed by atoms with Gasteiger partial charge in [0.15, 0.2) is 0 Å². The van der Waals surface area contributed by atoms with Gasteiger partial charge in [0, 0.05) is 13.1 Å². The van der Waals surface area contributed by atoms with E-state index in [0.29, 0.717) is 13.2 Å². The molecular formula is C33H44N2O3. The monoisotopic (exact) mass is 516 g/mol. The van der Waals surface area contributed by atoms with Crippen LogP contribution >= 0.6 is 0 Å². The van der Waals surface area contributed by atoms with Crippen LogP contribution < -0.4 is 0 Å². The van der Waals surface area contributed by atoms with Crippen molar-refractivity contribution in [3.63, 3.8) is 0 Å². The van der Waals surface area contributed by atoms with Crippen LogP contribution in [-0.4, -0.2) is 48.4 Å². The Bertz CT molecular complexity index is 1010. The first-order chi connectivity index (χ1) is 18.6. The van der Waals surface area contributed by atoms with Crippen LogP contribution in [0.5, 0.6) is 0 Å². The van der Waals surface area contributed by atoms with Crippen LogP contribution in [0.4, 0.5) is 0 Å². The van der Waals surface area contributed by atoms with E-state index < -0.39 is 5.41 Å². The Labute approximate surface area is 229 Å². The topological polar surface area (TPSA) is 42.0 Å². The van der Waals surface area contributed by atoms with Gasteiger partial charge in [0.25, 0.3) is 0 Å². The van der Waals surface area contributed by atoms with Gasteiger partial charge >= 0.3 is 0 Å². The van der Waals surface area contributed by atoms with Gasteiger partial charge in [0.1, 0.15) is 24.7 Å². The lowest BCUT2D eigenvalue weighted by Gasteiger charge is -2.33. The maximum absolute atomic E-state index is 13.9. The third kappa shape index (κ3) is 6.87. The molecule has 2 aromatic carbocycles. The molecule has 0 aromatic heterocycles. The summed E-state index contributed by atoms with van der Waals surface area (Å²) in [5.41, 5.74) is 1.54. The zero-order chi connectivity index (χ0) is 26.8. The van der Waals surface area contributed by atoms with Gasteiger partial charge in [-0.1, -0.05) is 87.9 Å². The average Bonchev–Trinajstić information content (AvgIpc) is 3.25. The fraction of sp³-hybridized carbons (Fsp3) is 0.485. The second-order valence-corrected chi connectivity index (χ2v) is 10.4. The van der Waals surface area contributed by atoms with Gasteiger partial charge in [-0.15, -0.1) is 0 Å². The Morgan fingerprint density at radius 2 is 1.42 bits per heavy atom. The summed E-state index contributed by atoms with van der Waals surface area (Å²) in [7, 11) is 0. The minimum absolute atomic E-state index is 0.0163. The Kier molecular flexibility index (Phi) is 10.1. The second-order valence-electron chi connectivity index (χ2n) is 10.4. The normalized spacial score (nSPS) is 21.1. The SMILES string of the molecule is CCCC1C(OCc2ccccc2)=CC2(C=C1OCc1ccccc1)CCN(CCCN(CC)CC)C2=O. The van der Waals surface area contributed by atoms with E-state index in [4.69, 9.17) is 9.47 Å². The van der Waals surface area contributed by atoms with Crippen molar-refractivity contribution < 1.29 is 14.3 Å². The summed E-state index contributed by atoms with van der Waals surface area (Å²) < 4.78 is 13.0. The standard InChI is InChI=1S/C33H44N2O3/c1-4-14-29-30(37-25-27-15-9-7-10-16-27)23-33(24-31(29)38-26-28-17-11-8-12-18-28)19-22-35(32(33)36)21-13-20-34(5-2)6-3/h7-12,15-18,23-24,29H,4-6,13-14,19-22,25-26H2,1-3H3. The highest BCUT2D eigenvalue weighted by atomic mass is 16.5. The van der Waals surface area contributed by atoms with E-state index in [-0.39, 0.29) is 11.8 Å². The van der Waals surface area contributed by atoms with Crippen LogP contribution in [-0.2, 0) is 27.5 Å². The summed E-state index contributed by atoms with van der Waals surface area (Å²) >= 11 is 0. The van der Waals surface area contributed by atoms with Gasteiger partial charge in [-0.3, -0.25) is 4.79 Å². The third-order valence-electron chi connectivity index (χ3n) is 7.84. The molecule has 2 aromatic rings. The van der Waals surface area contributed by atoms with Gasteiger partial charge in [-0.2, -0.15) is 0 Å². The molecular weight excluding hydrogens is 472 g/mol. The molecule has 2 aliphatic rings. The quantitative estimate of drug-likeness (QED) is 0.285. The second kappa shape index (κ2) is 13.7. The molecule has 0 unspecified atom stereocenters. The van der Waals surface area contributed by atoms with Crippen molar-refractivity contribution in [2.45, 2.75) is 59.7 Å². The van der Waals surface area contributed by atoms with Crippen molar-refractivity contribution >= 4 is 5.91 Å². The number of carbonyl (C=O) groups excluding carboxylic acids is 1. The Hall–Kier alpha value is -3.05. The summed E-state index contributed by atoms with van der Waals surface area (Å²) in [6.07, 6.45) is 7.91. The van der Waals surface area contributed by atoms with Crippen molar-refractivity contribution in [3.8, 4) is 0 Å². The van der Waals surface area contributed by atoms with E-state index in [1.54, 1.807) is 0 Å². The molecule has 1 saturated heterocycles. The van der Waals surface area contributed by atoms with Gasteiger partial charge < -0.3 is 19.3 Å². The summed E-state index contributed by atoms with van der Waals surface area (Å²) in [6.45, 7) is 12.2. The molecule has 0 bridgehead atoms. The van der Waals surface area contributed by atoms with Crippen LogP contribution in [0.1, 0.15) is 57.6 Å². The number of hydrogen-bond acceptors (Lipinski definition) is 4. The zero-order valence-electron chi connectivity index (χ0n) is 23.4. The Morgan fingerprint density at radius 3 is 1.92 bits per heavy atom. The van der Waals surface area contributed by atoms with Crippen LogP contribution in [0.15, 0.2) is 84.3 Å². The molecule has 0 saturated carbocycles. The van der Waals surface area contributed by atoms with Gasteiger partial charge in [-0.05, 0) is 62.2 Å². The molecule has 204 valence electrons. The van der Waals surface area contributed by atoms with E-state index in [0.717, 1.165) is 81.1 Å². The van der Waals surface area contributed by atoms with Crippen LogP contribution in [0.25, 0.3) is 0 Å². The highest BCUT2D eigenvalue weighted by Crippen LogP contribution is 2.45. The largest absolute Gasteiger partial charge is 0.493 e. The van der Waals surface area contributed by atoms with Gasteiger partial charge in [0.05, 0.1) is 11.3 Å². The highest BCUT2D eigenvalue weighted by Gasteiger charge is 2.48. The van der Waals surface area contributed by atoms with Crippen molar-refractivity contribution in [1.82, 2.24) is 9.80 Å². The lowest BCUT2D eigenvalue weighted by Crippen LogP contribution is -2.37. The number of rotatable bonds is 14. The maximum atomic E-state index is 13.9. The molecule has 1 fully saturated rings. The number of carbonyl (C=O) groups is 1. The lowest BCUT2D eigenvalue weighted by molar-refractivity contribution is -0.132. The smallest absolute Gasteiger partial charge is 0.236 e. The van der Waals surface area contributed by atoms with Crippen molar-refractivity contribution in [3.05, 3.63) is 95.5 Å². The highest BCUT2D eigenvalue weighted by molar-refractivity contribution is 5.89. The average molecular weight is 517 g/mol. The molecule has 0 N–H and O–H groups in total. The minimum Gasteiger partial charge on any atom is -0.493 e. The minimum atomic E-state index is -0.697. The number of amides is 1. The lowest BCUT2D eigenvalue weighted by atomic mass is 9.77. The van der Waals surface area contributed by atoms with Crippen molar-refractivity contribution in [1.29, 1.82) is 0 Å². The summed E-state index contributed by atoms with van der Waals surface area (Å²) in [6, 6.07) is 20.5. The van der Waals surface area contributed by atoms with Crippen LogP contribution in [0, 0.1) is 11.3 Å². The van der Waals surface area contributed by atoms with E-state index in [1.807, 2.05) is 41.3 Å². The fourth-order valence-electron chi connectivity index (χ4n) is 5.56. The molecule has 4 rings (SSSR count). The number of nitrogens with zero attached hydrogens (tertiary/aromatic N) is 2. The molecule has 5 nitrogen and oxygen atoms in total. The van der Waals surface area contributed by atoms with Crippen molar-refractivity contribution in [2.75, 3.05) is 32.7 Å². The fourth-order valence-corrected chi connectivity index (χ4v) is 5.56. The predicted octanol–water partition coefficient (Wildman–Crippen LogP) is 6.57. The Morgan fingerprint density at radius 1 is 0.868 bits per heavy atom. The van der Waals surface area contributed by atoms with Crippen molar-refractivity contribution in [2.24, 2.45) is 11.3 Å². The molecule has 1 aliphatic carbocycles. The summed E-state index contributed by atoms with van der Waals surface area (Å²) in [5.74, 6) is 1.94. The predicted molar refractivity (Wildman–Crippen MR) is 153 cm³/mol. The van der Waals surface area contributed by atoms with Crippen LogP contribution in [0.3, 0.4) is 0 Å². The molecule has 0 atom stereocenters. The first kappa shape index (κ1) is 28.0.